The Hall–Kier alpha value is 0.710. The highest BCUT2D eigenvalue weighted by Gasteiger charge is 2.33. The topological polar surface area (TPSA) is 3.24 Å². The third kappa shape index (κ3) is 5.22. The second-order valence-electron chi connectivity index (χ2n) is 3.16. The number of rotatable bonds is 2. The van der Waals surface area contributed by atoms with Gasteiger partial charge in [0.15, 0.2) is 0 Å². The van der Waals surface area contributed by atoms with Crippen molar-refractivity contribution >= 4 is 32.9 Å². The maximum atomic E-state index is 11.9. The van der Waals surface area contributed by atoms with E-state index in [9.17, 15) is 13.2 Å². The summed E-state index contributed by atoms with van der Waals surface area (Å²) in [7, 11) is 0. The SMILES string of the molecule is Br.FC(F)(F)CN1CCC(CBr)C1. The Bertz CT molecular complexity index is 151. The molecule has 1 aliphatic heterocycles. The maximum Gasteiger partial charge on any atom is 0.401 e. The first-order valence-corrected chi connectivity index (χ1v) is 4.98. The molecule has 0 aromatic rings. The Balaban J connectivity index is 0.00000144. The molecule has 1 saturated heterocycles. The molecule has 1 aliphatic rings. The third-order valence-electron chi connectivity index (χ3n) is 1.99. The summed E-state index contributed by atoms with van der Waals surface area (Å²) in [5.41, 5.74) is 0. The van der Waals surface area contributed by atoms with Gasteiger partial charge in [-0.1, -0.05) is 15.9 Å². The van der Waals surface area contributed by atoms with Crippen molar-refractivity contribution in [2.24, 2.45) is 5.92 Å². The van der Waals surface area contributed by atoms with E-state index in [2.05, 4.69) is 15.9 Å². The molecule has 0 N–H and O–H groups in total. The largest absolute Gasteiger partial charge is 0.401 e. The van der Waals surface area contributed by atoms with Crippen LogP contribution in [-0.2, 0) is 0 Å². The van der Waals surface area contributed by atoms with Crippen molar-refractivity contribution in [1.29, 1.82) is 0 Å². The highest BCUT2D eigenvalue weighted by Crippen LogP contribution is 2.23. The first kappa shape index (κ1) is 13.7. The Kier molecular flexibility index (Phi) is 5.86. The lowest BCUT2D eigenvalue weighted by Crippen LogP contribution is -2.32. The van der Waals surface area contributed by atoms with Crippen LogP contribution < -0.4 is 0 Å². The average Bonchev–Trinajstić information content (AvgIpc) is 2.32. The average molecular weight is 327 g/mol. The van der Waals surface area contributed by atoms with Crippen LogP contribution in [0.2, 0.25) is 0 Å². The van der Waals surface area contributed by atoms with Crippen molar-refractivity contribution in [3.63, 3.8) is 0 Å². The number of halogens is 5. The second-order valence-corrected chi connectivity index (χ2v) is 3.81. The van der Waals surface area contributed by atoms with Crippen molar-refractivity contribution in [2.75, 3.05) is 25.0 Å². The lowest BCUT2D eigenvalue weighted by atomic mass is 10.2. The van der Waals surface area contributed by atoms with E-state index in [1.807, 2.05) is 0 Å². The number of nitrogens with zero attached hydrogens (tertiary/aromatic N) is 1. The molecule has 13 heavy (non-hydrogen) atoms. The molecule has 0 aliphatic carbocycles. The molecule has 0 aromatic heterocycles. The van der Waals surface area contributed by atoms with Gasteiger partial charge in [-0.2, -0.15) is 13.2 Å². The zero-order valence-electron chi connectivity index (χ0n) is 6.98. The first-order valence-electron chi connectivity index (χ1n) is 3.86. The van der Waals surface area contributed by atoms with Crippen molar-refractivity contribution in [3.05, 3.63) is 0 Å². The minimum Gasteiger partial charge on any atom is -0.295 e. The molecule has 0 saturated carbocycles. The summed E-state index contributed by atoms with van der Waals surface area (Å²) in [6.45, 7) is 0.400. The second kappa shape index (κ2) is 5.56. The molecule has 1 fully saturated rings. The van der Waals surface area contributed by atoms with Crippen LogP contribution >= 0.6 is 32.9 Å². The van der Waals surface area contributed by atoms with Gasteiger partial charge in [0, 0.05) is 11.9 Å². The predicted octanol–water partition coefficient (Wildman–Crippen LogP) is 2.84. The summed E-state index contributed by atoms with van der Waals surface area (Å²) in [4.78, 5) is 1.46. The van der Waals surface area contributed by atoms with E-state index in [1.165, 1.54) is 4.90 Å². The molecule has 0 bridgehead atoms. The number of alkyl halides is 4. The molecule has 1 atom stereocenters. The van der Waals surface area contributed by atoms with Crippen LogP contribution in [0.25, 0.3) is 0 Å². The van der Waals surface area contributed by atoms with Crippen molar-refractivity contribution in [1.82, 2.24) is 4.90 Å². The van der Waals surface area contributed by atoms with Crippen LogP contribution in [0, 0.1) is 5.92 Å². The van der Waals surface area contributed by atoms with Crippen LogP contribution in [0.5, 0.6) is 0 Å². The Morgan fingerprint density at radius 2 is 2.00 bits per heavy atom. The standard InChI is InChI=1S/C7H11BrF3N.BrH/c8-3-6-1-2-12(4-6)5-7(9,10)11;/h6H,1-5H2;1H. The Morgan fingerprint density at radius 1 is 1.38 bits per heavy atom. The number of likely N-dealkylation sites (tertiary alicyclic amines) is 1. The van der Waals surface area contributed by atoms with Gasteiger partial charge in [0.1, 0.15) is 0 Å². The van der Waals surface area contributed by atoms with E-state index < -0.39 is 12.7 Å². The molecule has 0 spiro atoms. The number of hydrogen-bond donors (Lipinski definition) is 0. The highest BCUT2D eigenvalue weighted by molar-refractivity contribution is 9.09. The van der Waals surface area contributed by atoms with Crippen molar-refractivity contribution < 1.29 is 13.2 Å². The molecular weight excluding hydrogens is 315 g/mol. The fraction of sp³-hybridized carbons (Fsp3) is 1.00. The van der Waals surface area contributed by atoms with Gasteiger partial charge in [-0.3, -0.25) is 4.90 Å². The quantitative estimate of drug-likeness (QED) is 0.705. The van der Waals surface area contributed by atoms with Crippen LogP contribution in [0.1, 0.15) is 6.42 Å². The van der Waals surface area contributed by atoms with E-state index in [0.29, 0.717) is 19.0 Å². The Labute approximate surface area is 94.6 Å². The Morgan fingerprint density at radius 3 is 2.38 bits per heavy atom. The molecule has 0 amide bonds. The molecule has 1 rings (SSSR count). The van der Waals surface area contributed by atoms with Gasteiger partial charge in [-0.05, 0) is 18.9 Å². The van der Waals surface area contributed by atoms with Crippen LogP contribution in [-0.4, -0.2) is 36.0 Å². The van der Waals surface area contributed by atoms with Gasteiger partial charge in [0.05, 0.1) is 6.54 Å². The minimum atomic E-state index is -4.04. The molecule has 1 heterocycles. The molecule has 1 nitrogen and oxygen atoms in total. The summed E-state index contributed by atoms with van der Waals surface area (Å²) < 4.78 is 35.7. The normalized spacial score (nSPS) is 24.5. The van der Waals surface area contributed by atoms with Gasteiger partial charge >= 0.3 is 6.18 Å². The van der Waals surface area contributed by atoms with Gasteiger partial charge in [-0.15, -0.1) is 17.0 Å². The summed E-state index contributed by atoms with van der Waals surface area (Å²) in [5, 5.41) is 0.807. The fourth-order valence-corrected chi connectivity index (χ4v) is 1.96. The van der Waals surface area contributed by atoms with Crippen molar-refractivity contribution in [3.8, 4) is 0 Å². The molecule has 1 unspecified atom stereocenters. The highest BCUT2D eigenvalue weighted by atomic mass is 79.9. The summed E-state index contributed by atoms with van der Waals surface area (Å²) in [6.07, 6.45) is -3.16. The monoisotopic (exact) mass is 325 g/mol. The summed E-state index contributed by atoms with van der Waals surface area (Å²) in [5.74, 6) is 0.396. The lowest BCUT2D eigenvalue weighted by molar-refractivity contribution is -0.143. The molecular formula is C7H12Br2F3N. The molecule has 0 aromatic carbocycles. The van der Waals surface area contributed by atoms with Crippen LogP contribution in [0.3, 0.4) is 0 Å². The van der Waals surface area contributed by atoms with Gasteiger partial charge in [0.25, 0.3) is 0 Å². The van der Waals surface area contributed by atoms with E-state index in [-0.39, 0.29) is 17.0 Å². The van der Waals surface area contributed by atoms with E-state index in [1.54, 1.807) is 0 Å². The fourth-order valence-electron chi connectivity index (χ4n) is 1.44. The third-order valence-corrected chi connectivity index (χ3v) is 2.91. The van der Waals surface area contributed by atoms with Gasteiger partial charge in [0.2, 0.25) is 0 Å². The van der Waals surface area contributed by atoms with Crippen LogP contribution in [0.4, 0.5) is 13.2 Å². The smallest absolute Gasteiger partial charge is 0.295 e. The van der Waals surface area contributed by atoms with E-state index in [0.717, 1.165) is 11.8 Å². The van der Waals surface area contributed by atoms with Gasteiger partial charge < -0.3 is 0 Å². The molecule has 80 valence electrons. The van der Waals surface area contributed by atoms with Crippen molar-refractivity contribution in [2.45, 2.75) is 12.6 Å². The predicted molar refractivity (Wildman–Crippen MR) is 54.7 cm³/mol. The van der Waals surface area contributed by atoms with Crippen LogP contribution in [0.15, 0.2) is 0 Å². The summed E-state index contributed by atoms with van der Waals surface area (Å²) >= 11 is 3.28. The van der Waals surface area contributed by atoms with E-state index in [4.69, 9.17) is 0 Å². The summed E-state index contributed by atoms with van der Waals surface area (Å²) in [6, 6.07) is 0. The zero-order chi connectivity index (χ0) is 9.19. The minimum absolute atomic E-state index is 0. The molecule has 6 heteroatoms. The lowest BCUT2D eigenvalue weighted by Gasteiger charge is -2.17. The zero-order valence-corrected chi connectivity index (χ0v) is 10.3. The van der Waals surface area contributed by atoms with E-state index >= 15 is 0 Å². The maximum absolute atomic E-state index is 11.9. The molecule has 0 radical (unpaired) electrons. The number of hydrogen-bond acceptors (Lipinski definition) is 1. The van der Waals surface area contributed by atoms with Gasteiger partial charge in [-0.25, -0.2) is 0 Å². The first-order chi connectivity index (χ1) is 5.51.